The molecule has 0 saturated carbocycles. The van der Waals surface area contributed by atoms with E-state index in [2.05, 4.69) is 4.98 Å². The number of ketones is 2. The van der Waals surface area contributed by atoms with Crippen LogP contribution in [0.3, 0.4) is 0 Å². The molecule has 1 N–H and O–H groups in total. The zero-order chi connectivity index (χ0) is 25.7. The smallest absolute Gasteiger partial charge is 0.296 e. The first-order chi connectivity index (χ1) is 17.2. The molecule has 3 heterocycles. The Bertz CT molecular complexity index is 1530. The number of nitrogens with zero attached hydrogens (tertiary/aromatic N) is 3. The van der Waals surface area contributed by atoms with Crippen molar-refractivity contribution < 1.29 is 23.9 Å². The van der Waals surface area contributed by atoms with Crippen molar-refractivity contribution in [1.82, 2.24) is 4.98 Å². The number of aliphatic hydroxyl groups is 1. The first-order valence-electron chi connectivity index (χ1n) is 11.2. The summed E-state index contributed by atoms with van der Waals surface area (Å²) < 4.78 is 5.77. The van der Waals surface area contributed by atoms with Crippen LogP contribution >= 0.6 is 11.3 Å². The van der Waals surface area contributed by atoms with Gasteiger partial charge in [-0.2, -0.15) is 0 Å². The molecule has 0 spiro atoms. The Kier molecular flexibility index (Phi) is 5.72. The largest absolute Gasteiger partial charge is 0.503 e. The highest BCUT2D eigenvalue weighted by atomic mass is 32.1. The number of Topliss-reactive ketones (excluding diaryl/α,β-unsaturated/α-hetero) is 2. The lowest BCUT2D eigenvalue weighted by atomic mass is 9.95. The van der Waals surface area contributed by atoms with Gasteiger partial charge in [-0.25, -0.2) is 4.98 Å². The molecule has 5 rings (SSSR count). The SMILES string of the molecule is CC(=O)c1sc(N2C(=O)C(O)=C(C(=O)c3cc4ccccc4o3)C2c2ccc(N(C)C)cc2)nc1C. The number of carbonyl (C=O) groups excluding carboxylic acids is 3. The standard InChI is InChI=1S/C27H23N3O5S/c1-14-25(15(2)31)36-27(28-14)30-22(16-9-11-18(12-10-16)29(3)4)21(24(33)26(30)34)23(32)20-13-17-7-5-6-8-19(17)35-20/h5-13,22,33H,1-4H3. The normalized spacial score (nSPS) is 15.7. The molecule has 2 aromatic carbocycles. The zero-order valence-corrected chi connectivity index (χ0v) is 20.9. The van der Waals surface area contributed by atoms with E-state index in [0.717, 1.165) is 22.4 Å². The number of benzene rings is 2. The molecule has 8 nitrogen and oxygen atoms in total. The molecule has 0 fully saturated rings. The fourth-order valence-corrected chi connectivity index (χ4v) is 5.33. The van der Waals surface area contributed by atoms with Crippen LogP contribution < -0.4 is 9.80 Å². The van der Waals surface area contributed by atoms with Crippen LogP contribution in [0, 0.1) is 6.92 Å². The van der Waals surface area contributed by atoms with E-state index in [4.69, 9.17) is 4.42 Å². The second-order valence-corrected chi connectivity index (χ2v) is 9.75. The van der Waals surface area contributed by atoms with Crippen LogP contribution in [0.15, 0.2) is 70.3 Å². The molecule has 36 heavy (non-hydrogen) atoms. The van der Waals surface area contributed by atoms with Crippen molar-refractivity contribution in [1.29, 1.82) is 0 Å². The maximum atomic E-state index is 13.7. The molecule has 0 saturated heterocycles. The van der Waals surface area contributed by atoms with Crippen molar-refractivity contribution in [2.45, 2.75) is 19.9 Å². The van der Waals surface area contributed by atoms with E-state index in [1.807, 2.05) is 43.3 Å². The van der Waals surface area contributed by atoms with Crippen LogP contribution in [-0.2, 0) is 4.79 Å². The molecular weight excluding hydrogens is 478 g/mol. The fourth-order valence-electron chi connectivity index (χ4n) is 4.34. The minimum atomic E-state index is -0.959. The molecule has 4 aromatic rings. The Labute approximate surface area is 211 Å². The fraction of sp³-hybridized carbons (Fsp3) is 0.185. The van der Waals surface area contributed by atoms with Crippen molar-refractivity contribution in [3.05, 3.63) is 87.8 Å². The summed E-state index contributed by atoms with van der Waals surface area (Å²) in [5.41, 5.74) is 2.43. The number of para-hydroxylation sites is 1. The number of aromatic nitrogens is 1. The molecular formula is C27H23N3O5S. The first-order valence-corrected chi connectivity index (χ1v) is 12.0. The van der Waals surface area contributed by atoms with Crippen molar-refractivity contribution >= 4 is 50.6 Å². The van der Waals surface area contributed by atoms with Gasteiger partial charge in [-0.3, -0.25) is 19.3 Å². The van der Waals surface area contributed by atoms with E-state index in [-0.39, 0.29) is 22.2 Å². The lowest BCUT2D eigenvalue weighted by Gasteiger charge is -2.25. The lowest BCUT2D eigenvalue weighted by molar-refractivity contribution is -0.117. The highest BCUT2D eigenvalue weighted by molar-refractivity contribution is 7.17. The molecule has 1 atom stereocenters. The highest BCUT2D eigenvalue weighted by Crippen LogP contribution is 2.44. The molecule has 1 unspecified atom stereocenters. The number of fused-ring (bicyclic) bond motifs is 1. The van der Waals surface area contributed by atoms with Gasteiger partial charge >= 0.3 is 0 Å². The Hall–Kier alpha value is -4.24. The predicted octanol–water partition coefficient (Wildman–Crippen LogP) is 5.25. The lowest BCUT2D eigenvalue weighted by Crippen LogP contribution is -2.31. The number of anilines is 2. The van der Waals surface area contributed by atoms with Crippen molar-refractivity contribution in [2.24, 2.45) is 0 Å². The molecule has 0 radical (unpaired) electrons. The molecule has 182 valence electrons. The maximum Gasteiger partial charge on any atom is 0.296 e. The van der Waals surface area contributed by atoms with E-state index >= 15 is 0 Å². The topological polar surface area (TPSA) is 104 Å². The van der Waals surface area contributed by atoms with Crippen LogP contribution in [0.4, 0.5) is 10.8 Å². The number of thiazole rings is 1. The van der Waals surface area contributed by atoms with E-state index in [9.17, 15) is 19.5 Å². The summed E-state index contributed by atoms with van der Waals surface area (Å²) in [6, 6.07) is 15.2. The Morgan fingerprint density at radius 1 is 1.11 bits per heavy atom. The van der Waals surface area contributed by atoms with Crippen LogP contribution in [0.2, 0.25) is 0 Å². The average Bonchev–Trinajstić information content (AvgIpc) is 3.53. The molecule has 1 aliphatic rings. The molecule has 1 aliphatic heterocycles. The number of carbonyl (C=O) groups is 3. The van der Waals surface area contributed by atoms with Crippen LogP contribution in [0.5, 0.6) is 0 Å². The van der Waals surface area contributed by atoms with Gasteiger partial charge in [-0.15, -0.1) is 0 Å². The number of hydrogen-bond acceptors (Lipinski definition) is 8. The Morgan fingerprint density at radius 2 is 1.81 bits per heavy atom. The number of hydrogen-bond donors (Lipinski definition) is 1. The second kappa shape index (κ2) is 8.76. The molecule has 9 heteroatoms. The van der Waals surface area contributed by atoms with Crippen molar-refractivity contribution in [3.8, 4) is 0 Å². The summed E-state index contributed by atoms with van der Waals surface area (Å²) in [5, 5.41) is 11.9. The van der Waals surface area contributed by atoms with Gasteiger partial charge in [0.05, 0.1) is 22.2 Å². The third-order valence-corrected chi connectivity index (χ3v) is 7.40. The summed E-state index contributed by atoms with van der Waals surface area (Å²) >= 11 is 1.05. The summed E-state index contributed by atoms with van der Waals surface area (Å²) in [6.45, 7) is 3.12. The molecule has 1 amide bonds. The minimum absolute atomic E-state index is 0.0158. The minimum Gasteiger partial charge on any atom is -0.503 e. The van der Waals surface area contributed by atoms with Gasteiger partial charge < -0.3 is 14.4 Å². The van der Waals surface area contributed by atoms with E-state index in [1.165, 1.54) is 11.8 Å². The van der Waals surface area contributed by atoms with Gasteiger partial charge in [0.25, 0.3) is 5.91 Å². The van der Waals surface area contributed by atoms with E-state index in [1.54, 1.807) is 37.3 Å². The number of rotatable bonds is 6. The quantitative estimate of drug-likeness (QED) is 0.360. The van der Waals surface area contributed by atoms with E-state index in [0.29, 0.717) is 21.7 Å². The summed E-state index contributed by atoms with van der Waals surface area (Å²) in [5.74, 6) is -2.19. The van der Waals surface area contributed by atoms with Gasteiger partial charge in [0.2, 0.25) is 5.78 Å². The number of amides is 1. The van der Waals surface area contributed by atoms with Crippen LogP contribution in [0.25, 0.3) is 11.0 Å². The monoisotopic (exact) mass is 501 g/mol. The third kappa shape index (κ3) is 3.77. The molecule has 0 bridgehead atoms. The van der Waals surface area contributed by atoms with Gasteiger partial charge in [0, 0.05) is 32.1 Å². The van der Waals surface area contributed by atoms with Crippen molar-refractivity contribution in [3.63, 3.8) is 0 Å². The van der Waals surface area contributed by atoms with Gasteiger partial charge in [0.1, 0.15) is 5.58 Å². The highest BCUT2D eigenvalue weighted by Gasteiger charge is 2.46. The number of aliphatic hydroxyl groups excluding tert-OH is 1. The van der Waals surface area contributed by atoms with Gasteiger partial charge in [0.15, 0.2) is 22.4 Å². The summed E-state index contributed by atoms with van der Waals surface area (Å²) in [7, 11) is 3.81. The van der Waals surface area contributed by atoms with E-state index < -0.39 is 23.5 Å². The summed E-state index contributed by atoms with van der Waals surface area (Å²) in [4.78, 5) is 47.2. The van der Waals surface area contributed by atoms with Crippen LogP contribution in [-0.4, -0.2) is 41.7 Å². The molecule has 2 aromatic heterocycles. The van der Waals surface area contributed by atoms with Gasteiger partial charge in [-0.05, 0) is 36.8 Å². The predicted molar refractivity (Wildman–Crippen MR) is 138 cm³/mol. The third-order valence-electron chi connectivity index (χ3n) is 6.14. The first kappa shape index (κ1) is 23.5. The summed E-state index contributed by atoms with van der Waals surface area (Å²) in [6.07, 6.45) is 0. The Morgan fingerprint density at radius 3 is 2.42 bits per heavy atom. The average molecular weight is 502 g/mol. The maximum absolute atomic E-state index is 13.7. The second-order valence-electron chi connectivity index (χ2n) is 8.77. The molecule has 0 aliphatic carbocycles. The van der Waals surface area contributed by atoms with Crippen molar-refractivity contribution in [2.75, 3.05) is 23.9 Å². The van der Waals surface area contributed by atoms with Crippen LogP contribution in [0.1, 0.15) is 44.4 Å². The number of aryl methyl sites for hydroxylation is 1. The number of furan rings is 1. The Balaban J connectivity index is 1.66. The zero-order valence-electron chi connectivity index (χ0n) is 20.1. The van der Waals surface area contributed by atoms with Gasteiger partial charge in [-0.1, -0.05) is 41.7 Å².